The summed E-state index contributed by atoms with van der Waals surface area (Å²) in [7, 11) is 0. The van der Waals surface area contributed by atoms with Crippen molar-refractivity contribution in [3.05, 3.63) is 82.5 Å². The third-order valence-electron chi connectivity index (χ3n) is 7.26. The van der Waals surface area contributed by atoms with E-state index in [9.17, 15) is 4.79 Å². The van der Waals surface area contributed by atoms with Gasteiger partial charge in [-0.25, -0.2) is 0 Å². The summed E-state index contributed by atoms with van der Waals surface area (Å²) < 4.78 is 7.21. The first-order chi connectivity index (χ1) is 17.5. The lowest BCUT2D eigenvalue weighted by Crippen LogP contribution is -2.41. The van der Waals surface area contributed by atoms with Crippen LogP contribution in [0.15, 0.2) is 60.8 Å². The topological polar surface area (TPSA) is 42.4 Å². The number of fused-ring (bicyclic) bond motifs is 1. The number of pyridine rings is 1. The first kappa shape index (κ1) is 24.5. The van der Waals surface area contributed by atoms with Gasteiger partial charge in [-0.3, -0.25) is 9.78 Å². The summed E-state index contributed by atoms with van der Waals surface area (Å²) >= 11 is 1.62. The van der Waals surface area contributed by atoms with Crippen molar-refractivity contribution in [2.45, 2.75) is 65.5 Å². The number of aromatic nitrogens is 1. The van der Waals surface area contributed by atoms with Crippen molar-refractivity contribution >= 4 is 27.3 Å². The molecule has 2 aromatic heterocycles. The minimum atomic E-state index is 0.144. The van der Waals surface area contributed by atoms with Gasteiger partial charge in [0.2, 0.25) is 0 Å². The standard InChI is InChI=1S/C31H34N2O2S/c1-4-35-28-17-16-23(24-15-14-21(2)32-19-24)18-25(28)20-33(26-10-6-5-7-11-26)31(34)30-22(3)27-12-8-9-13-29(27)36-30/h8-9,12-19,26H,4-7,10-11,20H2,1-3H3. The van der Waals surface area contributed by atoms with Crippen molar-refractivity contribution in [1.82, 2.24) is 9.88 Å². The third-order valence-corrected chi connectivity index (χ3v) is 8.52. The second kappa shape index (κ2) is 10.8. The number of aryl methyl sites for hydroxylation is 2. The number of carbonyl (C=O) groups is 1. The molecular weight excluding hydrogens is 464 g/mol. The summed E-state index contributed by atoms with van der Waals surface area (Å²) in [5.41, 5.74) is 5.30. The van der Waals surface area contributed by atoms with Crippen LogP contribution < -0.4 is 4.74 Å². The van der Waals surface area contributed by atoms with Crippen LogP contribution in [0.3, 0.4) is 0 Å². The normalized spacial score (nSPS) is 14.2. The zero-order valence-electron chi connectivity index (χ0n) is 21.4. The molecule has 1 aliphatic carbocycles. The highest BCUT2D eigenvalue weighted by Gasteiger charge is 2.30. The molecule has 0 aliphatic heterocycles. The van der Waals surface area contributed by atoms with Gasteiger partial charge in [-0.2, -0.15) is 0 Å². The number of nitrogens with zero attached hydrogens (tertiary/aromatic N) is 2. The summed E-state index contributed by atoms with van der Waals surface area (Å²) in [6, 6.07) is 19.0. The summed E-state index contributed by atoms with van der Waals surface area (Å²) in [4.78, 5) is 21.7. The number of ether oxygens (including phenoxy) is 1. The molecule has 36 heavy (non-hydrogen) atoms. The van der Waals surface area contributed by atoms with Crippen molar-refractivity contribution < 1.29 is 9.53 Å². The van der Waals surface area contributed by atoms with E-state index in [0.29, 0.717) is 13.2 Å². The van der Waals surface area contributed by atoms with Gasteiger partial charge in [-0.1, -0.05) is 49.6 Å². The van der Waals surface area contributed by atoms with E-state index >= 15 is 0 Å². The van der Waals surface area contributed by atoms with Crippen molar-refractivity contribution in [3.8, 4) is 16.9 Å². The van der Waals surface area contributed by atoms with Crippen LogP contribution in [0.2, 0.25) is 0 Å². The highest BCUT2D eigenvalue weighted by atomic mass is 32.1. The fourth-order valence-electron chi connectivity index (χ4n) is 5.27. The van der Waals surface area contributed by atoms with Crippen LogP contribution in [0.1, 0.15) is 65.5 Å². The van der Waals surface area contributed by atoms with Crippen LogP contribution in [0.25, 0.3) is 21.2 Å². The van der Waals surface area contributed by atoms with Crippen molar-refractivity contribution in [3.63, 3.8) is 0 Å². The molecule has 0 atom stereocenters. The molecule has 1 saturated carbocycles. The molecule has 1 fully saturated rings. The molecule has 2 aromatic carbocycles. The molecule has 5 rings (SSSR count). The Bertz CT molecular complexity index is 1350. The zero-order chi connectivity index (χ0) is 25.1. The van der Waals surface area contributed by atoms with E-state index in [1.54, 1.807) is 11.3 Å². The molecule has 2 heterocycles. The second-order valence-corrected chi connectivity index (χ2v) is 10.8. The maximum absolute atomic E-state index is 14.2. The molecule has 4 aromatic rings. The smallest absolute Gasteiger partial charge is 0.264 e. The number of amides is 1. The maximum atomic E-state index is 14.2. The molecule has 0 radical (unpaired) electrons. The Morgan fingerprint density at radius 2 is 1.81 bits per heavy atom. The third kappa shape index (κ3) is 5.03. The highest BCUT2D eigenvalue weighted by Crippen LogP contribution is 2.35. The summed E-state index contributed by atoms with van der Waals surface area (Å²) in [6.07, 6.45) is 7.63. The Morgan fingerprint density at radius 3 is 2.53 bits per heavy atom. The number of hydrogen-bond acceptors (Lipinski definition) is 4. The summed E-state index contributed by atoms with van der Waals surface area (Å²) in [6.45, 7) is 7.22. The quantitative estimate of drug-likeness (QED) is 0.260. The van der Waals surface area contributed by atoms with Crippen LogP contribution in [0.5, 0.6) is 5.75 Å². The van der Waals surface area contributed by atoms with Crippen LogP contribution in [-0.2, 0) is 6.54 Å². The highest BCUT2D eigenvalue weighted by molar-refractivity contribution is 7.21. The number of carbonyl (C=O) groups excluding carboxylic acids is 1. The molecule has 1 aliphatic rings. The molecule has 0 spiro atoms. The lowest BCUT2D eigenvalue weighted by molar-refractivity contribution is 0.0616. The van der Waals surface area contributed by atoms with Gasteiger partial charge in [-0.15, -0.1) is 11.3 Å². The minimum absolute atomic E-state index is 0.144. The van der Waals surface area contributed by atoms with Crippen molar-refractivity contribution in [1.29, 1.82) is 0 Å². The van der Waals surface area contributed by atoms with Gasteiger partial charge in [0.25, 0.3) is 5.91 Å². The summed E-state index contributed by atoms with van der Waals surface area (Å²) in [5.74, 6) is 0.994. The van der Waals surface area contributed by atoms with E-state index in [4.69, 9.17) is 4.74 Å². The number of rotatable bonds is 7. The number of benzene rings is 2. The maximum Gasteiger partial charge on any atom is 0.264 e. The molecule has 0 unspecified atom stereocenters. The summed E-state index contributed by atoms with van der Waals surface area (Å²) in [5, 5.41) is 1.18. The van der Waals surface area contributed by atoms with Gasteiger partial charge in [-0.05, 0) is 74.4 Å². The van der Waals surface area contributed by atoms with Crippen LogP contribution in [0, 0.1) is 13.8 Å². The lowest BCUT2D eigenvalue weighted by Gasteiger charge is -2.35. The van der Waals surface area contributed by atoms with E-state index in [0.717, 1.165) is 51.4 Å². The minimum Gasteiger partial charge on any atom is -0.494 e. The fraction of sp³-hybridized carbons (Fsp3) is 0.355. The molecular formula is C31H34N2O2S. The van der Waals surface area contributed by atoms with Gasteiger partial charge in [0.1, 0.15) is 5.75 Å². The Kier molecular flexibility index (Phi) is 7.38. The molecule has 4 nitrogen and oxygen atoms in total. The molecule has 1 amide bonds. The van der Waals surface area contributed by atoms with Crippen LogP contribution >= 0.6 is 11.3 Å². The van der Waals surface area contributed by atoms with Gasteiger partial charge in [0.05, 0.1) is 11.5 Å². The van der Waals surface area contributed by atoms with Gasteiger partial charge in [0.15, 0.2) is 0 Å². The van der Waals surface area contributed by atoms with Crippen molar-refractivity contribution in [2.24, 2.45) is 0 Å². The average Bonchev–Trinajstić information content (AvgIpc) is 3.25. The van der Waals surface area contributed by atoms with Crippen LogP contribution in [-0.4, -0.2) is 28.4 Å². The SMILES string of the molecule is CCOc1ccc(-c2ccc(C)nc2)cc1CN(C(=O)c1sc2ccccc2c1C)C1CCCCC1. The first-order valence-electron chi connectivity index (χ1n) is 13.0. The molecule has 186 valence electrons. The zero-order valence-corrected chi connectivity index (χ0v) is 22.2. The van der Waals surface area contributed by atoms with Gasteiger partial charge < -0.3 is 9.64 Å². The molecule has 0 N–H and O–H groups in total. The van der Waals surface area contributed by atoms with Gasteiger partial charge >= 0.3 is 0 Å². The predicted molar refractivity (Wildman–Crippen MR) is 149 cm³/mol. The van der Waals surface area contributed by atoms with E-state index < -0.39 is 0 Å². The number of thiophene rings is 1. The lowest BCUT2D eigenvalue weighted by atomic mass is 9.93. The Morgan fingerprint density at radius 1 is 1.03 bits per heavy atom. The Labute approximate surface area is 217 Å². The molecule has 0 saturated heterocycles. The number of hydrogen-bond donors (Lipinski definition) is 0. The van der Waals surface area contributed by atoms with E-state index in [-0.39, 0.29) is 11.9 Å². The predicted octanol–water partition coefficient (Wildman–Crippen LogP) is 7.95. The monoisotopic (exact) mass is 498 g/mol. The molecule has 5 heteroatoms. The Balaban J connectivity index is 1.54. The second-order valence-electron chi connectivity index (χ2n) is 9.72. The van der Waals surface area contributed by atoms with E-state index in [1.165, 1.54) is 29.3 Å². The first-order valence-corrected chi connectivity index (χ1v) is 13.8. The van der Waals surface area contributed by atoms with Crippen molar-refractivity contribution in [2.75, 3.05) is 6.61 Å². The van der Waals surface area contributed by atoms with E-state index in [2.05, 4.69) is 53.2 Å². The molecule has 0 bridgehead atoms. The fourth-order valence-corrected chi connectivity index (χ4v) is 6.43. The largest absolute Gasteiger partial charge is 0.494 e. The van der Waals surface area contributed by atoms with E-state index in [1.807, 2.05) is 38.2 Å². The average molecular weight is 499 g/mol. The van der Waals surface area contributed by atoms with Gasteiger partial charge in [0, 0.05) is 40.3 Å². The Hall–Kier alpha value is -3.18. The van der Waals surface area contributed by atoms with Crippen LogP contribution in [0.4, 0.5) is 0 Å².